The molecule has 3 aliphatic rings. The SMILES string of the molecule is CC[C@@H](CO)N1C(=O)[C@@H]2[C@@H](C(=O)Nc3ccccc3)[C@@H]3OC2(CC3Br)C1C(=O)NCn1nnc2ccccc21. The zero-order chi connectivity index (χ0) is 27.3. The number of alkyl halides is 1. The van der Waals surface area contributed by atoms with E-state index in [1.165, 1.54) is 4.90 Å². The third-order valence-corrected chi connectivity index (χ3v) is 9.06. The van der Waals surface area contributed by atoms with Gasteiger partial charge in [0.15, 0.2) is 0 Å². The Labute approximate surface area is 233 Å². The summed E-state index contributed by atoms with van der Waals surface area (Å²) in [5, 5.41) is 24.3. The summed E-state index contributed by atoms with van der Waals surface area (Å²) in [4.78, 5) is 42.8. The Morgan fingerprint density at radius 1 is 1.18 bits per heavy atom. The fourth-order valence-corrected chi connectivity index (χ4v) is 7.45. The van der Waals surface area contributed by atoms with Crippen molar-refractivity contribution in [3.8, 4) is 0 Å². The van der Waals surface area contributed by atoms with Gasteiger partial charge in [0.1, 0.15) is 23.8 Å². The molecule has 7 atom stereocenters. The third kappa shape index (κ3) is 4.04. The molecule has 3 saturated heterocycles. The molecule has 6 rings (SSSR count). The van der Waals surface area contributed by atoms with Crippen LogP contribution < -0.4 is 10.6 Å². The Balaban J connectivity index is 1.33. The monoisotopic (exact) mass is 596 g/mol. The lowest BCUT2D eigenvalue weighted by atomic mass is 9.70. The number of fused-ring (bicyclic) bond motifs is 2. The molecule has 3 N–H and O–H groups in total. The maximum atomic E-state index is 14.1. The molecule has 2 bridgehead atoms. The smallest absolute Gasteiger partial charge is 0.247 e. The van der Waals surface area contributed by atoms with Crippen LogP contribution in [0.2, 0.25) is 0 Å². The van der Waals surface area contributed by atoms with Crippen LogP contribution in [0.15, 0.2) is 54.6 Å². The van der Waals surface area contributed by atoms with Gasteiger partial charge in [-0.1, -0.05) is 58.4 Å². The molecule has 3 unspecified atom stereocenters. The van der Waals surface area contributed by atoms with Gasteiger partial charge in [0, 0.05) is 10.5 Å². The number of para-hydroxylation sites is 2. The summed E-state index contributed by atoms with van der Waals surface area (Å²) in [7, 11) is 0. The van der Waals surface area contributed by atoms with Crippen molar-refractivity contribution >= 4 is 50.4 Å². The average Bonchev–Trinajstić information content (AvgIpc) is 3.66. The van der Waals surface area contributed by atoms with Crippen LogP contribution in [-0.2, 0) is 25.8 Å². The molecule has 0 aliphatic carbocycles. The van der Waals surface area contributed by atoms with Crippen molar-refractivity contribution in [1.82, 2.24) is 25.2 Å². The van der Waals surface area contributed by atoms with E-state index in [-0.39, 0.29) is 29.9 Å². The molecule has 3 aromatic rings. The van der Waals surface area contributed by atoms with E-state index in [4.69, 9.17) is 4.74 Å². The number of aliphatic hydroxyl groups excluding tert-OH is 1. The fraction of sp³-hybridized carbons (Fsp3) is 0.444. The van der Waals surface area contributed by atoms with Gasteiger partial charge in [0.2, 0.25) is 17.7 Å². The summed E-state index contributed by atoms with van der Waals surface area (Å²) < 4.78 is 8.07. The van der Waals surface area contributed by atoms with Crippen LogP contribution in [0.5, 0.6) is 0 Å². The lowest BCUT2D eigenvalue weighted by Gasteiger charge is -2.36. The van der Waals surface area contributed by atoms with Crippen molar-refractivity contribution in [1.29, 1.82) is 0 Å². The maximum Gasteiger partial charge on any atom is 0.247 e. The van der Waals surface area contributed by atoms with E-state index in [1.54, 1.807) is 16.8 Å². The molecule has 1 aromatic heterocycles. The largest absolute Gasteiger partial charge is 0.394 e. The zero-order valence-electron chi connectivity index (χ0n) is 21.2. The minimum absolute atomic E-state index is 0.0353. The van der Waals surface area contributed by atoms with Gasteiger partial charge in [-0.2, -0.15) is 0 Å². The highest BCUT2D eigenvalue weighted by atomic mass is 79.9. The number of benzene rings is 2. The number of carbonyl (C=O) groups is 3. The van der Waals surface area contributed by atoms with Gasteiger partial charge in [0.25, 0.3) is 0 Å². The van der Waals surface area contributed by atoms with Crippen molar-refractivity contribution in [2.75, 3.05) is 11.9 Å². The lowest BCUT2D eigenvalue weighted by Crippen LogP contribution is -2.58. The second-order valence-electron chi connectivity index (χ2n) is 10.3. The Kier molecular flexibility index (Phi) is 6.64. The molecule has 4 heterocycles. The van der Waals surface area contributed by atoms with Gasteiger partial charge in [-0.05, 0) is 37.1 Å². The van der Waals surface area contributed by atoms with Crippen molar-refractivity contribution < 1.29 is 24.2 Å². The summed E-state index contributed by atoms with van der Waals surface area (Å²) in [6.45, 7) is 1.57. The maximum absolute atomic E-state index is 14.1. The molecule has 204 valence electrons. The molecule has 11 nitrogen and oxygen atoms in total. The Morgan fingerprint density at radius 2 is 1.92 bits per heavy atom. The standard InChI is InChI=1S/C27H29BrN6O5/c1-2-16(13-35)34-23(25(37)29-14-33-19-11-7-6-10-18(19)31-32-33)27-12-17(28)22(39-27)20(21(27)26(34)38)24(36)30-15-8-4-3-5-9-15/h3-11,16-17,20-23,35H,2,12-14H2,1H3,(H,29,37)(H,30,36)/t16-,17?,20+,21-,22+,23?,27?/m0/s1. The number of nitrogens with one attached hydrogen (secondary N) is 2. The van der Waals surface area contributed by atoms with Gasteiger partial charge in [-0.25, -0.2) is 4.68 Å². The van der Waals surface area contributed by atoms with E-state index in [9.17, 15) is 19.5 Å². The molecule has 0 saturated carbocycles. The highest BCUT2D eigenvalue weighted by molar-refractivity contribution is 9.09. The molecular formula is C27H29BrN6O5. The average molecular weight is 597 g/mol. The number of ether oxygens (including phenoxy) is 1. The van der Waals surface area contributed by atoms with E-state index in [1.807, 2.05) is 49.4 Å². The summed E-state index contributed by atoms with van der Waals surface area (Å²) in [5.74, 6) is -2.77. The van der Waals surface area contributed by atoms with Crippen molar-refractivity contribution in [3.05, 3.63) is 54.6 Å². The van der Waals surface area contributed by atoms with Crippen molar-refractivity contribution in [3.63, 3.8) is 0 Å². The molecule has 12 heteroatoms. The second-order valence-corrected chi connectivity index (χ2v) is 11.5. The predicted octanol–water partition coefficient (Wildman–Crippen LogP) is 1.66. The number of halogens is 1. The second kappa shape index (κ2) is 10.00. The zero-order valence-corrected chi connectivity index (χ0v) is 22.8. The Morgan fingerprint density at radius 3 is 2.67 bits per heavy atom. The molecule has 3 amide bonds. The molecule has 3 fully saturated rings. The summed E-state index contributed by atoms with van der Waals surface area (Å²) >= 11 is 3.67. The predicted molar refractivity (Wildman–Crippen MR) is 144 cm³/mol. The topological polar surface area (TPSA) is 139 Å². The third-order valence-electron chi connectivity index (χ3n) is 8.22. The molecular weight excluding hydrogens is 568 g/mol. The van der Waals surface area contributed by atoms with Gasteiger partial charge >= 0.3 is 0 Å². The van der Waals surface area contributed by atoms with Crippen LogP contribution in [0.4, 0.5) is 5.69 Å². The first-order chi connectivity index (χ1) is 18.9. The van der Waals surface area contributed by atoms with Crippen LogP contribution in [0, 0.1) is 11.8 Å². The first kappa shape index (κ1) is 25.9. The Hall–Kier alpha value is -3.35. The van der Waals surface area contributed by atoms with Crippen LogP contribution in [0.1, 0.15) is 19.8 Å². The Bertz CT molecular complexity index is 1410. The summed E-state index contributed by atoms with van der Waals surface area (Å²) in [6, 6.07) is 14.8. The highest BCUT2D eigenvalue weighted by Crippen LogP contribution is 2.60. The minimum Gasteiger partial charge on any atom is -0.394 e. The fourth-order valence-electron chi connectivity index (χ4n) is 6.50. The number of aliphatic hydroxyl groups is 1. The van der Waals surface area contributed by atoms with E-state index in [0.29, 0.717) is 24.0 Å². The van der Waals surface area contributed by atoms with Gasteiger partial charge in [0.05, 0.1) is 36.1 Å². The number of nitrogens with zero attached hydrogens (tertiary/aromatic N) is 4. The van der Waals surface area contributed by atoms with Crippen LogP contribution >= 0.6 is 15.9 Å². The number of anilines is 1. The molecule has 3 aliphatic heterocycles. The molecule has 1 spiro atoms. The summed E-state index contributed by atoms with van der Waals surface area (Å²) in [6.07, 6.45) is 0.241. The van der Waals surface area contributed by atoms with Gasteiger partial charge in [-0.3, -0.25) is 14.4 Å². The van der Waals surface area contributed by atoms with Crippen molar-refractivity contribution in [2.24, 2.45) is 11.8 Å². The molecule has 39 heavy (non-hydrogen) atoms. The van der Waals surface area contributed by atoms with E-state index >= 15 is 0 Å². The number of likely N-dealkylation sites (tertiary alicyclic amines) is 1. The van der Waals surface area contributed by atoms with Gasteiger partial charge in [-0.15, -0.1) is 5.10 Å². The van der Waals surface area contributed by atoms with E-state index in [0.717, 1.165) is 5.52 Å². The van der Waals surface area contributed by atoms with Gasteiger partial charge < -0.3 is 25.4 Å². The molecule has 0 radical (unpaired) electrons. The van der Waals surface area contributed by atoms with E-state index in [2.05, 4.69) is 36.9 Å². The quantitative estimate of drug-likeness (QED) is 0.336. The number of rotatable bonds is 8. The van der Waals surface area contributed by atoms with Crippen LogP contribution in [-0.4, -0.2) is 77.9 Å². The number of amides is 3. The van der Waals surface area contributed by atoms with Crippen molar-refractivity contribution in [2.45, 2.75) is 55.0 Å². The number of hydrogen-bond acceptors (Lipinski definition) is 7. The lowest BCUT2D eigenvalue weighted by molar-refractivity contribution is -0.145. The number of carbonyl (C=O) groups excluding carboxylic acids is 3. The summed E-state index contributed by atoms with van der Waals surface area (Å²) in [5.41, 5.74) is 0.850. The van der Waals surface area contributed by atoms with E-state index < -0.39 is 41.5 Å². The van der Waals surface area contributed by atoms with Crippen LogP contribution in [0.3, 0.4) is 0 Å². The number of aromatic nitrogens is 3. The first-order valence-electron chi connectivity index (χ1n) is 13.1. The number of hydrogen-bond donors (Lipinski definition) is 3. The minimum atomic E-state index is -1.22. The highest BCUT2D eigenvalue weighted by Gasteiger charge is 2.77. The first-order valence-corrected chi connectivity index (χ1v) is 14.0. The van der Waals surface area contributed by atoms with Crippen LogP contribution in [0.25, 0.3) is 11.0 Å². The molecule has 2 aromatic carbocycles. The normalized spacial score (nSPS) is 30.0.